The molecule has 4 aromatic carbocycles. The van der Waals surface area contributed by atoms with Gasteiger partial charge in [0, 0.05) is 11.4 Å². The molecule has 0 amide bonds. The van der Waals surface area contributed by atoms with Gasteiger partial charge in [0.05, 0.1) is 11.4 Å². The van der Waals surface area contributed by atoms with Crippen LogP contribution in [-0.4, -0.2) is 0 Å². The van der Waals surface area contributed by atoms with Gasteiger partial charge in [-0.05, 0) is 97.1 Å². The molecule has 0 heterocycles. The van der Waals surface area contributed by atoms with Crippen molar-refractivity contribution >= 4 is 22.7 Å². The quantitative estimate of drug-likeness (QED) is 0.230. The van der Waals surface area contributed by atoms with E-state index >= 15 is 0 Å². The predicted molar refractivity (Wildman–Crippen MR) is 122 cm³/mol. The van der Waals surface area contributed by atoms with Crippen molar-refractivity contribution in [2.45, 2.75) is 0 Å². The second-order valence-corrected chi connectivity index (χ2v) is 6.64. The second-order valence-electron chi connectivity index (χ2n) is 6.64. The lowest BCUT2D eigenvalue weighted by molar-refractivity contribution is 0.482. The first-order chi connectivity index (χ1) is 14.6. The lowest BCUT2D eigenvalue weighted by Crippen LogP contribution is -2.08. The fourth-order valence-corrected chi connectivity index (χ4v) is 2.70. The van der Waals surface area contributed by atoms with Crippen molar-refractivity contribution in [3.8, 4) is 23.0 Å². The van der Waals surface area contributed by atoms with Gasteiger partial charge in [0.2, 0.25) is 0 Å². The summed E-state index contributed by atoms with van der Waals surface area (Å²) in [5.74, 6) is 2.97. The molecule has 0 aromatic heterocycles. The fourth-order valence-electron chi connectivity index (χ4n) is 2.70. The monoisotopic (exact) mass is 398 g/mol. The maximum absolute atomic E-state index is 5.80. The van der Waals surface area contributed by atoms with E-state index in [1.165, 1.54) is 0 Å². The Labute approximate surface area is 175 Å². The number of ether oxygens (including phenoxy) is 2. The zero-order chi connectivity index (χ0) is 20.8. The molecule has 6 N–H and O–H groups in total. The van der Waals surface area contributed by atoms with Crippen LogP contribution in [0, 0.1) is 0 Å². The summed E-state index contributed by atoms with van der Waals surface area (Å²) in [6.45, 7) is 0. The molecule has 6 heteroatoms. The van der Waals surface area contributed by atoms with Gasteiger partial charge in [0.25, 0.3) is 0 Å². The first-order valence-corrected chi connectivity index (χ1v) is 9.43. The number of anilines is 4. The van der Waals surface area contributed by atoms with E-state index in [2.05, 4.69) is 10.9 Å². The summed E-state index contributed by atoms with van der Waals surface area (Å²) < 4.78 is 11.6. The summed E-state index contributed by atoms with van der Waals surface area (Å²) in [6.07, 6.45) is 0. The summed E-state index contributed by atoms with van der Waals surface area (Å²) in [6, 6.07) is 29.9. The smallest absolute Gasteiger partial charge is 0.127 e. The third-order valence-electron chi connectivity index (χ3n) is 4.29. The molecule has 0 fully saturated rings. The molecule has 0 radical (unpaired) electrons. The largest absolute Gasteiger partial charge is 0.457 e. The van der Waals surface area contributed by atoms with Crippen molar-refractivity contribution in [1.29, 1.82) is 0 Å². The Balaban J connectivity index is 1.29. The molecule has 150 valence electrons. The Hall–Kier alpha value is -4.32. The van der Waals surface area contributed by atoms with Crippen LogP contribution in [-0.2, 0) is 0 Å². The highest BCUT2D eigenvalue weighted by molar-refractivity contribution is 5.55. The molecule has 0 saturated carbocycles. The van der Waals surface area contributed by atoms with E-state index in [-0.39, 0.29) is 0 Å². The average Bonchev–Trinajstić information content (AvgIpc) is 2.77. The van der Waals surface area contributed by atoms with Crippen molar-refractivity contribution in [2.24, 2.45) is 0 Å². The molecule has 0 bridgehead atoms. The van der Waals surface area contributed by atoms with Crippen LogP contribution in [0.1, 0.15) is 0 Å². The molecule has 4 rings (SSSR count). The molecule has 6 nitrogen and oxygen atoms in total. The van der Waals surface area contributed by atoms with Gasteiger partial charge in [-0.15, -0.1) is 0 Å². The van der Waals surface area contributed by atoms with Gasteiger partial charge >= 0.3 is 0 Å². The maximum Gasteiger partial charge on any atom is 0.127 e. The first-order valence-electron chi connectivity index (χ1n) is 9.43. The minimum Gasteiger partial charge on any atom is -0.457 e. The van der Waals surface area contributed by atoms with Crippen molar-refractivity contribution in [1.82, 2.24) is 0 Å². The molecular weight excluding hydrogens is 376 g/mol. The first kappa shape index (κ1) is 19.0. The van der Waals surface area contributed by atoms with Crippen LogP contribution in [0.15, 0.2) is 97.1 Å². The molecule has 0 spiro atoms. The Kier molecular flexibility index (Phi) is 5.57. The van der Waals surface area contributed by atoms with E-state index in [0.717, 1.165) is 34.4 Å². The molecule has 30 heavy (non-hydrogen) atoms. The van der Waals surface area contributed by atoms with Crippen LogP contribution in [0.5, 0.6) is 23.0 Å². The van der Waals surface area contributed by atoms with Crippen LogP contribution in [0.3, 0.4) is 0 Å². The van der Waals surface area contributed by atoms with E-state index in [4.69, 9.17) is 20.9 Å². The zero-order valence-electron chi connectivity index (χ0n) is 16.2. The Morgan fingerprint density at radius 2 is 0.667 bits per heavy atom. The average molecular weight is 398 g/mol. The van der Waals surface area contributed by atoms with Gasteiger partial charge in [-0.1, -0.05) is 0 Å². The lowest BCUT2D eigenvalue weighted by atomic mass is 10.3. The highest BCUT2D eigenvalue weighted by atomic mass is 16.5. The fraction of sp³-hybridized carbons (Fsp3) is 0. The van der Waals surface area contributed by atoms with Crippen LogP contribution in [0.4, 0.5) is 22.7 Å². The van der Waals surface area contributed by atoms with Crippen LogP contribution < -0.4 is 31.8 Å². The predicted octanol–water partition coefficient (Wildman–Crippen LogP) is 5.87. The molecular formula is C24H22N4O2. The van der Waals surface area contributed by atoms with Crippen molar-refractivity contribution in [3.63, 3.8) is 0 Å². The van der Waals surface area contributed by atoms with Gasteiger partial charge in [0.1, 0.15) is 23.0 Å². The van der Waals surface area contributed by atoms with Crippen LogP contribution in [0.25, 0.3) is 0 Å². The van der Waals surface area contributed by atoms with E-state index in [1.54, 1.807) is 24.3 Å². The molecule has 0 aliphatic rings. The number of nitrogens with two attached hydrogens (primary N) is 2. The summed E-state index contributed by atoms with van der Waals surface area (Å²) in [7, 11) is 0. The topological polar surface area (TPSA) is 94.6 Å². The summed E-state index contributed by atoms with van der Waals surface area (Å²) in [4.78, 5) is 0. The highest BCUT2D eigenvalue weighted by Crippen LogP contribution is 2.25. The lowest BCUT2D eigenvalue weighted by Gasteiger charge is -2.12. The molecule has 0 aliphatic carbocycles. The Morgan fingerprint density at radius 1 is 0.400 bits per heavy atom. The number of benzene rings is 4. The third kappa shape index (κ3) is 5.14. The standard InChI is InChI=1S/C24H22N4O2/c25-17-1-9-21(10-2-17)29-23-13-5-19(6-14-23)27-28-20-7-15-24(16-8-20)30-22-11-3-18(26)4-12-22/h1-16,27-28H,25-26H2. The SMILES string of the molecule is Nc1ccc(Oc2ccc(NNc3ccc(Oc4ccc(N)cc4)cc3)cc2)cc1. The normalized spacial score (nSPS) is 10.3. The zero-order valence-corrected chi connectivity index (χ0v) is 16.2. The maximum atomic E-state index is 5.80. The van der Waals surface area contributed by atoms with E-state index < -0.39 is 0 Å². The van der Waals surface area contributed by atoms with Crippen LogP contribution in [0.2, 0.25) is 0 Å². The third-order valence-corrected chi connectivity index (χ3v) is 4.29. The van der Waals surface area contributed by atoms with Gasteiger partial charge in [-0.25, -0.2) is 0 Å². The van der Waals surface area contributed by atoms with Crippen molar-refractivity contribution < 1.29 is 9.47 Å². The molecule has 4 aromatic rings. The summed E-state index contributed by atoms with van der Waals surface area (Å²) in [5.41, 5.74) is 20.9. The molecule has 0 unspecified atom stereocenters. The summed E-state index contributed by atoms with van der Waals surface area (Å²) >= 11 is 0. The minimum atomic E-state index is 0.706. The van der Waals surface area contributed by atoms with Gasteiger partial charge in [-0.2, -0.15) is 0 Å². The number of hydrazine groups is 1. The molecule has 0 aliphatic heterocycles. The molecule has 0 atom stereocenters. The highest BCUT2D eigenvalue weighted by Gasteiger charge is 2.00. The Bertz CT molecular complexity index is 987. The van der Waals surface area contributed by atoms with Gasteiger partial charge in [0.15, 0.2) is 0 Å². The van der Waals surface area contributed by atoms with E-state index in [1.807, 2.05) is 72.8 Å². The van der Waals surface area contributed by atoms with Crippen molar-refractivity contribution in [3.05, 3.63) is 97.1 Å². The number of hydrogen-bond donors (Lipinski definition) is 4. The second kappa shape index (κ2) is 8.79. The number of nitrogen functional groups attached to an aromatic ring is 2. The van der Waals surface area contributed by atoms with E-state index in [0.29, 0.717) is 11.4 Å². The minimum absolute atomic E-state index is 0.706. The number of rotatable bonds is 7. The molecule has 0 saturated heterocycles. The number of nitrogens with one attached hydrogen (secondary N) is 2. The Morgan fingerprint density at radius 3 is 0.967 bits per heavy atom. The van der Waals surface area contributed by atoms with Crippen molar-refractivity contribution in [2.75, 3.05) is 22.3 Å². The summed E-state index contributed by atoms with van der Waals surface area (Å²) in [5, 5.41) is 0. The van der Waals surface area contributed by atoms with Crippen LogP contribution >= 0.6 is 0 Å². The van der Waals surface area contributed by atoms with E-state index in [9.17, 15) is 0 Å². The number of hydrogen-bond acceptors (Lipinski definition) is 6. The van der Waals surface area contributed by atoms with Gasteiger partial charge in [-0.3, -0.25) is 0 Å². The van der Waals surface area contributed by atoms with Gasteiger partial charge < -0.3 is 31.8 Å².